The topological polar surface area (TPSA) is 29.1 Å². The lowest BCUT2D eigenvalue weighted by Crippen LogP contribution is -2.20. The highest BCUT2D eigenvalue weighted by Gasteiger charge is 2.17. The van der Waals surface area contributed by atoms with Gasteiger partial charge in [-0.2, -0.15) is 0 Å². The van der Waals surface area contributed by atoms with Crippen molar-refractivity contribution >= 4 is 39.1 Å². The van der Waals surface area contributed by atoms with E-state index >= 15 is 0 Å². The maximum Gasteiger partial charge on any atom is 0.224 e. The van der Waals surface area contributed by atoms with Gasteiger partial charge in [-0.15, -0.1) is 0 Å². The summed E-state index contributed by atoms with van der Waals surface area (Å²) in [7, 11) is 0. The quantitative estimate of drug-likeness (QED) is 0.835. The molecule has 1 rings (SSSR count). The number of benzene rings is 1. The van der Waals surface area contributed by atoms with Crippen LogP contribution < -0.4 is 5.32 Å². The zero-order valence-corrected chi connectivity index (χ0v) is 12.9. The fourth-order valence-corrected chi connectivity index (χ4v) is 2.01. The second-order valence-electron chi connectivity index (χ2n) is 5.32. The van der Waals surface area contributed by atoms with Crippen molar-refractivity contribution in [2.45, 2.75) is 34.1 Å². The number of hydrogen-bond acceptors (Lipinski definition) is 1. The molecule has 1 N–H and O–H groups in total. The van der Waals surface area contributed by atoms with Crippen molar-refractivity contribution in [2.24, 2.45) is 5.41 Å². The van der Waals surface area contributed by atoms with Crippen LogP contribution in [0.15, 0.2) is 16.6 Å². The van der Waals surface area contributed by atoms with Crippen LogP contribution in [0.5, 0.6) is 0 Å². The number of hydrogen-bond donors (Lipinski definition) is 1. The summed E-state index contributed by atoms with van der Waals surface area (Å²) in [5, 5.41) is 3.56. The Morgan fingerprint density at radius 2 is 2.00 bits per heavy atom. The first kappa shape index (κ1) is 14.5. The molecule has 0 aromatic heterocycles. The third kappa shape index (κ3) is 4.32. The van der Waals surface area contributed by atoms with Crippen LogP contribution >= 0.6 is 27.5 Å². The van der Waals surface area contributed by atoms with Crippen LogP contribution in [0, 0.1) is 12.3 Å². The molecule has 1 aromatic carbocycles. The summed E-state index contributed by atoms with van der Waals surface area (Å²) in [4.78, 5) is 11.8. The minimum absolute atomic E-state index is 0.0123. The Morgan fingerprint density at radius 1 is 1.41 bits per heavy atom. The van der Waals surface area contributed by atoms with Crippen LogP contribution in [0.25, 0.3) is 0 Å². The van der Waals surface area contributed by atoms with Gasteiger partial charge in [0.25, 0.3) is 0 Å². The first-order valence-corrected chi connectivity index (χ1v) is 6.62. The highest BCUT2D eigenvalue weighted by Crippen LogP contribution is 2.31. The van der Waals surface area contributed by atoms with Gasteiger partial charge in [0.2, 0.25) is 5.91 Å². The molecule has 0 bridgehead atoms. The molecule has 0 aliphatic carbocycles. The Bertz CT molecular complexity index is 438. The van der Waals surface area contributed by atoms with Gasteiger partial charge >= 0.3 is 0 Å². The lowest BCUT2D eigenvalue weighted by atomic mass is 9.92. The zero-order valence-electron chi connectivity index (χ0n) is 10.5. The van der Waals surface area contributed by atoms with Crippen molar-refractivity contribution in [3.8, 4) is 0 Å². The van der Waals surface area contributed by atoms with Gasteiger partial charge in [0, 0.05) is 16.6 Å². The Morgan fingerprint density at radius 3 is 2.53 bits per heavy atom. The summed E-state index contributed by atoms with van der Waals surface area (Å²) in [5.74, 6) is 0.0230. The van der Waals surface area contributed by atoms with Gasteiger partial charge in [-0.3, -0.25) is 4.79 Å². The molecule has 0 aliphatic rings. The minimum atomic E-state index is -0.0123. The third-order valence-corrected chi connectivity index (χ3v) is 3.87. The Hall–Kier alpha value is -0.540. The van der Waals surface area contributed by atoms with E-state index in [0.717, 1.165) is 15.7 Å². The molecule has 0 fully saturated rings. The van der Waals surface area contributed by atoms with E-state index in [4.69, 9.17) is 11.6 Å². The van der Waals surface area contributed by atoms with Gasteiger partial charge < -0.3 is 5.32 Å². The van der Waals surface area contributed by atoms with E-state index in [2.05, 4.69) is 21.2 Å². The second kappa shape index (κ2) is 5.40. The van der Waals surface area contributed by atoms with E-state index < -0.39 is 0 Å². The third-order valence-electron chi connectivity index (χ3n) is 2.30. The van der Waals surface area contributed by atoms with Crippen molar-refractivity contribution in [3.63, 3.8) is 0 Å². The number of rotatable bonds is 2. The molecule has 4 heteroatoms. The Labute approximate surface area is 116 Å². The molecule has 0 unspecified atom stereocenters. The van der Waals surface area contributed by atoms with Gasteiger partial charge in [-0.05, 0) is 46.0 Å². The van der Waals surface area contributed by atoms with E-state index in [1.165, 1.54) is 0 Å². The normalized spacial score (nSPS) is 11.4. The highest BCUT2D eigenvalue weighted by atomic mass is 79.9. The van der Waals surface area contributed by atoms with Crippen molar-refractivity contribution in [1.29, 1.82) is 0 Å². The predicted octanol–water partition coefficient (Wildman–Crippen LogP) is 4.79. The van der Waals surface area contributed by atoms with E-state index in [9.17, 15) is 4.79 Å². The van der Waals surface area contributed by atoms with Crippen LogP contribution in [0.4, 0.5) is 5.69 Å². The summed E-state index contributed by atoms with van der Waals surface area (Å²) in [6.07, 6.45) is 0.493. The molecule has 17 heavy (non-hydrogen) atoms. The molecule has 0 heterocycles. The van der Waals surface area contributed by atoms with Gasteiger partial charge in [-0.25, -0.2) is 0 Å². The van der Waals surface area contributed by atoms with Crippen LogP contribution in [-0.4, -0.2) is 5.91 Å². The standard InChI is InChI=1S/C13H17BrClNO/c1-8-10(6-5-9(15)12(8)14)16-11(17)7-13(2,3)4/h5-6H,7H2,1-4H3,(H,16,17). The molecule has 0 aliphatic heterocycles. The minimum Gasteiger partial charge on any atom is -0.326 e. The molecule has 94 valence electrons. The number of nitrogens with one attached hydrogen (secondary N) is 1. The smallest absolute Gasteiger partial charge is 0.224 e. The highest BCUT2D eigenvalue weighted by molar-refractivity contribution is 9.10. The van der Waals surface area contributed by atoms with Gasteiger partial charge in [0.1, 0.15) is 0 Å². The monoisotopic (exact) mass is 317 g/mol. The first-order chi connectivity index (χ1) is 7.70. The van der Waals surface area contributed by atoms with E-state index in [1.54, 1.807) is 6.07 Å². The molecule has 0 saturated heterocycles. The van der Waals surface area contributed by atoms with Gasteiger partial charge in [0.05, 0.1) is 5.02 Å². The fourth-order valence-electron chi connectivity index (χ4n) is 1.46. The molecule has 0 spiro atoms. The second-order valence-corrected chi connectivity index (χ2v) is 6.52. The van der Waals surface area contributed by atoms with Crippen LogP contribution in [0.1, 0.15) is 32.8 Å². The average Bonchev–Trinajstić information content (AvgIpc) is 2.16. The summed E-state index contributed by atoms with van der Waals surface area (Å²) in [6, 6.07) is 3.59. The maximum absolute atomic E-state index is 11.8. The van der Waals surface area contributed by atoms with Crippen molar-refractivity contribution < 1.29 is 4.79 Å². The Balaban J connectivity index is 2.83. The lowest BCUT2D eigenvalue weighted by Gasteiger charge is -2.18. The molecule has 0 saturated carbocycles. The van der Waals surface area contributed by atoms with Gasteiger partial charge in [-0.1, -0.05) is 32.4 Å². The van der Waals surface area contributed by atoms with Crippen molar-refractivity contribution in [2.75, 3.05) is 5.32 Å². The number of amides is 1. The van der Waals surface area contributed by atoms with Crippen LogP contribution in [0.2, 0.25) is 5.02 Å². The summed E-state index contributed by atoms with van der Waals surface area (Å²) in [5.41, 5.74) is 1.73. The Kier molecular flexibility index (Phi) is 4.62. The number of carbonyl (C=O) groups excluding carboxylic acids is 1. The van der Waals surface area contributed by atoms with Crippen molar-refractivity contribution in [1.82, 2.24) is 0 Å². The molecule has 2 nitrogen and oxygen atoms in total. The molecule has 1 aromatic rings. The summed E-state index contributed by atoms with van der Waals surface area (Å²) in [6.45, 7) is 8.04. The molecular weight excluding hydrogens is 302 g/mol. The predicted molar refractivity (Wildman–Crippen MR) is 76.6 cm³/mol. The number of halogens is 2. The van der Waals surface area contributed by atoms with Crippen LogP contribution in [0.3, 0.4) is 0 Å². The van der Waals surface area contributed by atoms with Crippen LogP contribution in [-0.2, 0) is 4.79 Å². The SMILES string of the molecule is Cc1c(NC(=O)CC(C)(C)C)ccc(Cl)c1Br. The largest absolute Gasteiger partial charge is 0.326 e. The lowest BCUT2D eigenvalue weighted by molar-refractivity contribution is -0.117. The summed E-state index contributed by atoms with van der Waals surface area (Å²) < 4.78 is 0.827. The molecule has 1 amide bonds. The molecule has 0 radical (unpaired) electrons. The van der Waals surface area contributed by atoms with E-state index in [-0.39, 0.29) is 11.3 Å². The first-order valence-electron chi connectivity index (χ1n) is 5.45. The zero-order chi connectivity index (χ0) is 13.2. The summed E-state index contributed by atoms with van der Waals surface area (Å²) >= 11 is 9.37. The average molecular weight is 319 g/mol. The van der Waals surface area contributed by atoms with E-state index in [1.807, 2.05) is 33.8 Å². The van der Waals surface area contributed by atoms with Gasteiger partial charge in [0.15, 0.2) is 0 Å². The molecular formula is C13H17BrClNO. The number of carbonyl (C=O) groups is 1. The maximum atomic E-state index is 11.8. The number of anilines is 1. The molecule has 0 atom stereocenters. The fraction of sp³-hybridized carbons (Fsp3) is 0.462. The van der Waals surface area contributed by atoms with E-state index in [0.29, 0.717) is 11.4 Å². The van der Waals surface area contributed by atoms with Crippen molar-refractivity contribution in [3.05, 3.63) is 27.2 Å².